The number of benzene rings is 1. The molecule has 0 fully saturated rings. The Labute approximate surface area is 122 Å². The number of rotatable bonds is 4. The molecule has 0 atom stereocenters. The van der Waals surface area contributed by atoms with E-state index >= 15 is 0 Å². The van der Waals surface area contributed by atoms with Crippen LogP contribution in [0.4, 0.5) is 0 Å². The molecule has 0 N–H and O–H groups in total. The van der Waals surface area contributed by atoms with Crippen molar-refractivity contribution in [2.75, 3.05) is 6.61 Å². The summed E-state index contributed by atoms with van der Waals surface area (Å²) in [5.74, 6) is 0.238. The van der Waals surface area contributed by atoms with Crippen molar-refractivity contribution in [1.29, 1.82) is 0 Å². The van der Waals surface area contributed by atoms with Crippen molar-refractivity contribution in [3.63, 3.8) is 0 Å². The van der Waals surface area contributed by atoms with E-state index in [1.54, 1.807) is 6.92 Å². The molecule has 0 amide bonds. The summed E-state index contributed by atoms with van der Waals surface area (Å²) in [6.07, 6.45) is 1.47. The number of esters is 1. The number of aromatic nitrogens is 2. The van der Waals surface area contributed by atoms with Crippen LogP contribution in [0.5, 0.6) is 0 Å². The molecule has 5 heteroatoms. The lowest BCUT2D eigenvalue weighted by molar-refractivity contribution is 0.0524. The fourth-order valence-corrected chi connectivity index (χ4v) is 1.94. The number of carbonyl (C=O) groups is 1. The van der Waals surface area contributed by atoms with Gasteiger partial charge in [-0.2, -0.15) is 0 Å². The Morgan fingerprint density at radius 1 is 1.30 bits per heavy atom. The van der Waals surface area contributed by atoms with Gasteiger partial charge in [0.15, 0.2) is 5.82 Å². The zero-order valence-corrected chi connectivity index (χ0v) is 12.1. The zero-order valence-electron chi connectivity index (χ0n) is 11.4. The third-order valence-electron chi connectivity index (χ3n) is 2.80. The van der Waals surface area contributed by atoms with Crippen LogP contribution in [0.15, 0.2) is 30.5 Å². The summed E-state index contributed by atoms with van der Waals surface area (Å²) >= 11 is 5.86. The van der Waals surface area contributed by atoms with Gasteiger partial charge in [-0.15, -0.1) is 11.6 Å². The van der Waals surface area contributed by atoms with E-state index < -0.39 is 5.97 Å². The Morgan fingerprint density at radius 3 is 2.60 bits per heavy atom. The minimum absolute atomic E-state index is 0.134. The lowest BCUT2D eigenvalue weighted by atomic mass is 10.1. The van der Waals surface area contributed by atoms with Gasteiger partial charge in [0.25, 0.3) is 0 Å². The van der Waals surface area contributed by atoms with Crippen molar-refractivity contribution in [3.8, 4) is 11.4 Å². The van der Waals surface area contributed by atoms with E-state index in [1.807, 2.05) is 31.2 Å². The van der Waals surface area contributed by atoms with Crippen molar-refractivity contribution in [1.82, 2.24) is 9.97 Å². The molecule has 1 aromatic heterocycles. The topological polar surface area (TPSA) is 52.1 Å². The van der Waals surface area contributed by atoms with Crippen molar-refractivity contribution in [2.45, 2.75) is 19.7 Å². The number of alkyl halides is 1. The molecule has 0 saturated carbocycles. The van der Waals surface area contributed by atoms with Crippen LogP contribution in [-0.4, -0.2) is 22.5 Å². The average molecular weight is 291 g/mol. The van der Waals surface area contributed by atoms with Crippen molar-refractivity contribution in [2.24, 2.45) is 0 Å². The average Bonchev–Trinajstić information content (AvgIpc) is 2.47. The molecule has 2 aromatic rings. The van der Waals surface area contributed by atoms with Crippen LogP contribution < -0.4 is 0 Å². The van der Waals surface area contributed by atoms with E-state index in [2.05, 4.69) is 9.97 Å². The Balaban J connectivity index is 2.38. The maximum absolute atomic E-state index is 11.8. The molecule has 0 spiro atoms. The van der Waals surface area contributed by atoms with E-state index in [-0.39, 0.29) is 5.88 Å². The first-order chi connectivity index (χ1) is 9.65. The van der Waals surface area contributed by atoms with Crippen molar-refractivity contribution in [3.05, 3.63) is 47.3 Å². The molecule has 1 aromatic carbocycles. The molecular weight excluding hydrogens is 276 g/mol. The van der Waals surface area contributed by atoms with E-state index in [4.69, 9.17) is 16.3 Å². The smallest absolute Gasteiger partial charge is 0.341 e. The summed E-state index contributed by atoms with van der Waals surface area (Å²) in [6.45, 7) is 4.07. The number of halogens is 1. The number of ether oxygens (including phenoxy) is 1. The fraction of sp³-hybridized carbons (Fsp3) is 0.267. The third-order valence-corrected chi connectivity index (χ3v) is 3.05. The minimum atomic E-state index is -0.446. The second-order valence-electron chi connectivity index (χ2n) is 4.27. The van der Waals surface area contributed by atoms with Crippen LogP contribution in [0, 0.1) is 6.92 Å². The maximum Gasteiger partial charge on any atom is 0.341 e. The molecule has 0 aliphatic rings. The molecule has 0 radical (unpaired) electrons. The zero-order chi connectivity index (χ0) is 14.5. The quantitative estimate of drug-likeness (QED) is 0.640. The molecule has 104 valence electrons. The maximum atomic E-state index is 11.8. The first-order valence-corrected chi connectivity index (χ1v) is 6.85. The predicted octanol–water partition coefficient (Wildman–Crippen LogP) is 3.37. The molecule has 0 unspecified atom stereocenters. The van der Waals surface area contributed by atoms with Gasteiger partial charge in [-0.1, -0.05) is 29.8 Å². The number of hydrogen-bond donors (Lipinski definition) is 0. The number of aryl methyl sites for hydroxylation is 1. The molecule has 20 heavy (non-hydrogen) atoms. The number of carbonyl (C=O) groups excluding carboxylic acids is 1. The largest absolute Gasteiger partial charge is 0.462 e. The predicted molar refractivity (Wildman–Crippen MR) is 77.7 cm³/mol. The third kappa shape index (κ3) is 3.14. The summed E-state index contributed by atoms with van der Waals surface area (Å²) in [5, 5.41) is 0. The molecule has 0 saturated heterocycles. The van der Waals surface area contributed by atoms with Crippen LogP contribution in [0.2, 0.25) is 0 Å². The summed E-state index contributed by atoms with van der Waals surface area (Å²) in [7, 11) is 0. The Kier molecular flexibility index (Phi) is 4.69. The monoisotopic (exact) mass is 290 g/mol. The highest BCUT2D eigenvalue weighted by Crippen LogP contribution is 2.18. The Morgan fingerprint density at radius 2 is 2.00 bits per heavy atom. The Hall–Kier alpha value is -1.94. The molecule has 0 bridgehead atoms. The van der Waals surface area contributed by atoms with E-state index in [1.165, 1.54) is 6.20 Å². The lowest BCUT2D eigenvalue weighted by Crippen LogP contribution is -2.10. The van der Waals surface area contributed by atoms with Crippen LogP contribution in [0.3, 0.4) is 0 Å². The van der Waals surface area contributed by atoms with Crippen molar-refractivity contribution < 1.29 is 9.53 Å². The number of hydrogen-bond acceptors (Lipinski definition) is 4. The Bertz CT molecular complexity index is 612. The standard InChI is InChI=1S/C15H15ClN2O2/c1-3-20-15(19)12-9-17-14(18-13(12)8-16)11-6-4-10(2)5-7-11/h4-7,9H,3,8H2,1-2H3. The van der Waals surface area contributed by atoms with Gasteiger partial charge >= 0.3 is 5.97 Å². The summed E-state index contributed by atoms with van der Waals surface area (Å²) < 4.78 is 4.95. The van der Waals surface area contributed by atoms with Crippen LogP contribution in [0.1, 0.15) is 28.5 Å². The van der Waals surface area contributed by atoms with Crippen LogP contribution in [0.25, 0.3) is 11.4 Å². The minimum Gasteiger partial charge on any atom is -0.462 e. The highest BCUT2D eigenvalue weighted by Gasteiger charge is 2.15. The summed E-state index contributed by atoms with van der Waals surface area (Å²) in [5.41, 5.74) is 2.85. The van der Waals surface area contributed by atoms with E-state index in [0.717, 1.165) is 11.1 Å². The lowest BCUT2D eigenvalue weighted by Gasteiger charge is -2.07. The van der Waals surface area contributed by atoms with Crippen LogP contribution >= 0.6 is 11.6 Å². The molecule has 2 rings (SSSR count). The van der Waals surface area contributed by atoms with E-state index in [0.29, 0.717) is 23.7 Å². The molecule has 0 aliphatic heterocycles. The van der Waals surface area contributed by atoms with Gasteiger partial charge in [0.05, 0.1) is 18.2 Å². The molecule has 0 aliphatic carbocycles. The van der Waals surface area contributed by atoms with Gasteiger partial charge in [0, 0.05) is 11.8 Å². The second-order valence-corrected chi connectivity index (χ2v) is 4.54. The van der Waals surface area contributed by atoms with Gasteiger partial charge in [-0.25, -0.2) is 14.8 Å². The fourth-order valence-electron chi connectivity index (χ4n) is 1.74. The first kappa shape index (κ1) is 14.5. The van der Waals surface area contributed by atoms with Gasteiger partial charge in [-0.3, -0.25) is 0 Å². The van der Waals surface area contributed by atoms with E-state index in [9.17, 15) is 4.79 Å². The molecular formula is C15H15ClN2O2. The van der Waals surface area contributed by atoms with Gasteiger partial charge in [0.1, 0.15) is 5.56 Å². The summed E-state index contributed by atoms with van der Waals surface area (Å²) in [4.78, 5) is 20.3. The van der Waals surface area contributed by atoms with Gasteiger partial charge in [0.2, 0.25) is 0 Å². The first-order valence-electron chi connectivity index (χ1n) is 6.31. The number of nitrogens with zero attached hydrogens (tertiary/aromatic N) is 2. The van der Waals surface area contributed by atoms with Gasteiger partial charge < -0.3 is 4.74 Å². The second kappa shape index (κ2) is 6.48. The molecule has 1 heterocycles. The van der Waals surface area contributed by atoms with Crippen molar-refractivity contribution >= 4 is 17.6 Å². The summed E-state index contributed by atoms with van der Waals surface area (Å²) in [6, 6.07) is 7.84. The molecule has 4 nitrogen and oxygen atoms in total. The van der Waals surface area contributed by atoms with Crippen LogP contribution in [-0.2, 0) is 10.6 Å². The highest BCUT2D eigenvalue weighted by atomic mass is 35.5. The van der Waals surface area contributed by atoms with Gasteiger partial charge in [-0.05, 0) is 13.8 Å². The normalized spacial score (nSPS) is 10.3. The highest BCUT2D eigenvalue weighted by molar-refractivity contribution is 6.17. The SMILES string of the molecule is CCOC(=O)c1cnc(-c2ccc(C)cc2)nc1CCl.